The summed E-state index contributed by atoms with van der Waals surface area (Å²) in [4.78, 5) is 0. The van der Waals surface area contributed by atoms with E-state index in [1.807, 2.05) is 37.3 Å². The summed E-state index contributed by atoms with van der Waals surface area (Å²) in [5.74, 6) is 1.89. The van der Waals surface area contributed by atoms with Crippen molar-refractivity contribution in [1.82, 2.24) is 4.57 Å². The van der Waals surface area contributed by atoms with Gasteiger partial charge in [0.25, 0.3) is 0 Å². The summed E-state index contributed by atoms with van der Waals surface area (Å²) in [6.07, 6.45) is 2.91. The first kappa shape index (κ1) is 24.5. The lowest BCUT2D eigenvalue weighted by Gasteiger charge is -2.15. The Hall–Kier alpha value is -4.18. The lowest BCUT2D eigenvalue weighted by atomic mass is 10.0. The molecule has 4 heteroatoms. The normalized spacial score (nSPS) is 11.3. The third kappa shape index (κ3) is 5.19. The summed E-state index contributed by atoms with van der Waals surface area (Å²) in [6, 6.07) is 26.9. The summed E-state index contributed by atoms with van der Waals surface area (Å²) >= 11 is 0. The number of para-hydroxylation sites is 1. The first-order valence-corrected chi connectivity index (χ1v) is 12.8. The molecule has 37 heavy (non-hydrogen) atoms. The van der Waals surface area contributed by atoms with E-state index < -0.39 is 0 Å². The van der Waals surface area contributed by atoms with Gasteiger partial charge in [0, 0.05) is 33.3 Å². The fraction of sp³-hybridized carbons (Fsp3) is 0.212. The number of aliphatic hydroxyl groups excluding tert-OH is 1. The van der Waals surface area contributed by atoms with E-state index in [9.17, 15) is 5.11 Å². The van der Waals surface area contributed by atoms with E-state index in [4.69, 9.17) is 9.47 Å². The molecule has 188 valence electrons. The first-order chi connectivity index (χ1) is 18.0. The van der Waals surface area contributed by atoms with Crippen LogP contribution in [0.1, 0.15) is 31.7 Å². The molecule has 0 unspecified atom stereocenters. The quantitative estimate of drug-likeness (QED) is 0.148. The third-order valence-corrected chi connectivity index (χ3v) is 6.73. The highest BCUT2D eigenvalue weighted by atomic mass is 16.5. The minimum Gasteiger partial charge on any atom is -0.511 e. The SMILES string of the molecule is C=C(O)Cn1c2ccccc2c2ccc(OCCCCCOc3c(C(=C)C)ccc4ccccc34)cc21. The molecule has 0 aliphatic rings. The number of benzene rings is 4. The molecule has 0 atom stereocenters. The maximum atomic E-state index is 9.86. The molecule has 0 aliphatic carbocycles. The van der Waals surface area contributed by atoms with Crippen LogP contribution in [0.2, 0.25) is 0 Å². The van der Waals surface area contributed by atoms with Crippen LogP contribution in [0.25, 0.3) is 38.2 Å². The van der Waals surface area contributed by atoms with Crippen LogP contribution >= 0.6 is 0 Å². The van der Waals surface area contributed by atoms with E-state index in [1.165, 1.54) is 5.39 Å². The molecule has 0 radical (unpaired) electrons. The molecule has 1 N–H and O–H groups in total. The number of allylic oxidation sites excluding steroid dienone is 2. The minimum atomic E-state index is 0.134. The van der Waals surface area contributed by atoms with Crippen molar-refractivity contribution in [2.75, 3.05) is 13.2 Å². The number of hydrogen-bond acceptors (Lipinski definition) is 3. The Kier molecular flexibility index (Phi) is 7.18. The van der Waals surface area contributed by atoms with E-state index in [2.05, 4.69) is 66.3 Å². The van der Waals surface area contributed by atoms with Crippen molar-refractivity contribution in [3.05, 3.63) is 103 Å². The van der Waals surface area contributed by atoms with Crippen LogP contribution in [0.4, 0.5) is 0 Å². The molecule has 0 bridgehead atoms. The van der Waals surface area contributed by atoms with Gasteiger partial charge in [-0.2, -0.15) is 0 Å². The summed E-state index contributed by atoms with van der Waals surface area (Å²) in [6.45, 7) is 11.5. The number of ether oxygens (including phenoxy) is 2. The van der Waals surface area contributed by atoms with Gasteiger partial charge in [-0.05, 0) is 55.3 Å². The van der Waals surface area contributed by atoms with Gasteiger partial charge in [0.2, 0.25) is 0 Å². The molecule has 0 fully saturated rings. The Balaban J connectivity index is 1.18. The van der Waals surface area contributed by atoms with E-state index in [0.717, 1.165) is 69.1 Å². The molecule has 0 saturated heterocycles. The number of hydrogen-bond donors (Lipinski definition) is 1. The van der Waals surface area contributed by atoms with Crippen molar-refractivity contribution in [1.29, 1.82) is 0 Å². The number of fused-ring (bicyclic) bond motifs is 4. The van der Waals surface area contributed by atoms with E-state index in [-0.39, 0.29) is 5.76 Å². The van der Waals surface area contributed by atoms with Crippen LogP contribution in [0, 0.1) is 0 Å². The number of aromatic nitrogens is 1. The van der Waals surface area contributed by atoms with Crippen molar-refractivity contribution < 1.29 is 14.6 Å². The Morgan fingerprint density at radius 3 is 2.24 bits per heavy atom. The Bertz CT molecular complexity index is 1590. The first-order valence-electron chi connectivity index (χ1n) is 12.8. The van der Waals surface area contributed by atoms with Gasteiger partial charge in [-0.3, -0.25) is 0 Å². The van der Waals surface area contributed by atoms with E-state index >= 15 is 0 Å². The van der Waals surface area contributed by atoms with Gasteiger partial charge in [0.1, 0.15) is 17.3 Å². The van der Waals surface area contributed by atoms with Crippen LogP contribution in [0.3, 0.4) is 0 Å². The van der Waals surface area contributed by atoms with Gasteiger partial charge in [-0.25, -0.2) is 0 Å². The van der Waals surface area contributed by atoms with Crippen LogP contribution in [0.5, 0.6) is 11.5 Å². The van der Waals surface area contributed by atoms with Crippen LogP contribution in [-0.2, 0) is 6.54 Å². The second-order valence-electron chi connectivity index (χ2n) is 9.55. The summed E-state index contributed by atoms with van der Waals surface area (Å²) in [5.41, 5.74) is 4.18. The smallest absolute Gasteiger partial charge is 0.134 e. The Morgan fingerprint density at radius 1 is 0.757 bits per heavy atom. The van der Waals surface area contributed by atoms with Gasteiger partial charge >= 0.3 is 0 Å². The van der Waals surface area contributed by atoms with E-state index in [1.54, 1.807) is 0 Å². The molecule has 0 spiro atoms. The lowest BCUT2D eigenvalue weighted by molar-refractivity contribution is 0.281. The minimum absolute atomic E-state index is 0.134. The van der Waals surface area contributed by atoms with Crippen molar-refractivity contribution in [3.63, 3.8) is 0 Å². The Morgan fingerprint density at radius 2 is 1.46 bits per heavy atom. The lowest BCUT2D eigenvalue weighted by Crippen LogP contribution is -2.03. The third-order valence-electron chi connectivity index (χ3n) is 6.73. The highest BCUT2D eigenvalue weighted by Gasteiger charge is 2.12. The van der Waals surface area contributed by atoms with Crippen molar-refractivity contribution >= 4 is 38.2 Å². The maximum Gasteiger partial charge on any atom is 0.134 e. The van der Waals surface area contributed by atoms with Gasteiger partial charge in [-0.1, -0.05) is 67.8 Å². The highest BCUT2D eigenvalue weighted by Crippen LogP contribution is 2.34. The molecular formula is C33H33NO3. The van der Waals surface area contributed by atoms with Crippen LogP contribution in [0.15, 0.2) is 97.8 Å². The highest BCUT2D eigenvalue weighted by molar-refractivity contribution is 6.08. The topological polar surface area (TPSA) is 43.6 Å². The fourth-order valence-corrected chi connectivity index (χ4v) is 4.95. The van der Waals surface area contributed by atoms with Gasteiger partial charge < -0.3 is 19.1 Å². The van der Waals surface area contributed by atoms with Crippen molar-refractivity contribution in [2.45, 2.75) is 32.7 Å². The molecule has 1 aromatic heterocycles. The van der Waals surface area contributed by atoms with Gasteiger partial charge in [-0.15, -0.1) is 0 Å². The van der Waals surface area contributed by atoms with Crippen molar-refractivity contribution in [3.8, 4) is 11.5 Å². The van der Waals surface area contributed by atoms with Crippen LogP contribution < -0.4 is 9.47 Å². The monoisotopic (exact) mass is 491 g/mol. The average Bonchev–Trinajstić information content (AvgIpc) is 3.20. The molecule has 0 saturated carbocycles. The number of rotatable bonds is 11. The maximum absolute atomic E-state index is 9.86. The zero-order chi connectivity index (χ0) is 25.8. The molecule has 4 aromatic carbocycles. The zero-order valence-electron chi connectivity index (χ0n) is 21.4. The predicted octanol–water partition coefficient (Wildman–Crippen LogP) is 8.68. The average molecular weight is 492 g/mol. The summed E-state index contributed by atoms with van der Waals surface area (Å²) in [5, 5.41) is 14.5. The van der Waals surface area contributed by atoms with Gasteiger partial charge in [0.15, 0.2) is 0 Å². The van der Waals surface area contributed by atoms with Crippen LogP contribution in [-0.4, -0.2) is 22.9 Å². The molecule has 5 rings (SSSR count). The standard InChI is InChI=1S/C33H33NO3/c1-23(2)27-17-15-25-11-5-6-12-28(25)33(27)37-20-10-4-9-19-36-26-16-18-30-29-13-7-8-14-31(29)34(22-24(3)35)32(30)21-26/h5-8,11-18,21,35H,1,3-4,9-10,19-20,22H2,2H3. The summed E-state index contributed by atoms with van der Waals surface area (Å²) < 4.78 is 14.4. The molecule has 1 heterocycles. The second kappa shape index (κ2) is 10.8. The molecular weight excluding hydrogens is 458 g/mol. The second-order valence-corrected chi connectivity index (χ2v) is 9.55. The molecule has 0 amide bonds. The Labute approximate surface area is 218 Å². The largest absolute Gasteiger partial charge is 0.511 e. The van der Waals surface area contributed by atoms with Crippen molar-refractivity contribution in [2.24, 2.45) is 0 Å². The van der Waals surface area contributed by atoms with Gasteiger partial charge in [0.05, 0.1) is 25.3 Å². The number of unbranched alkanes of at least 4 members (excludes halogenated alkanes) is 2. The molecule has 5 aromatic rings. The molecule has 0 aliphatic heterocycles. The predicted molar refractivity (Wildman–Crippen MR) is 155 cm³/mol. The summed E-state index contributed by atoms with van der Waals surface area (Å²) in [7, 11) is 0. The number of nitrogens with zero attached hydrogens (tertiary/aromatic N) is 1. The molecule has 4 nitrogen and oxygen atoms in total. The zero-order valence-corrected chi connectivity index (χ0v) is 21.4. The van der Waals surface area contributed by atoms with E-state index in [0.29, 0.717) is 19.8 Å². The fourth-order valence-electron chi connectivity index (χ4n) is 4.95. The number of aliphatic hydroxyl groups is 1.